The van der Waals surface area contributed by atoms with Crippen molar-refractivity contribution in [1.29, 1.82) is 0 Å². The minimum atomic E-state index is -3.22. The molecule has 1 aliphatic heterocycles. The molecule has 1 amide bonds. The first-order valence-electron chi connectivity index (χ1n) is 8.30. The Morgan fingerprint density at radius 3 is 2.48 bits per heavy atom. The number of amides is 1. The van der Waals surface area contributed by atoms with Crippen molar-refractivity contribution in [3.63, 3.8) is 0 Å². The second-order valence-corrected chi connectivity index (χ2v) is 8.53. The summed E-state index contributed by atoms with van der Waals surface area (Å²) in [6, 6.07) is 6.28. The first-order chi connectivity index (χ1) is 11.7. The van der Waals surface area contributed by atoms with Crippen LogP contribution < -0.4 is 0 Å². The maximum Gasteiger partial charge on any atom is 0.335 e. The van der Waals surface area contributed by atoms with Crippen LogP contribution in [0.3, 0.4) is 0 Å². The van der Waals surface area contributed by atoms with Crippen LogP contribution in [0.5, 0.6) is 0 Å². The molecule has 25 heavy (non-hydrogen) atoms. The first kappa shape index (κ1) is 19.4. The van der Waals surface area contributed by atoms with E-state index >= 15 is 0 Å². The SMILES string of the molecule is CCS(=O)(=O)N(C)C1CCN(C(=O)Cc2cccc(C(=O)O)c2)CC1. The van der Waals surface area contributed by atoms with Crippen molar-refractivity contribution in [3.8, 4) is 0 Å². The molecule has 1 aromatic carbocycles. The van der Waals surface area contributed by atoms with Crippen LogP contribution in [0, 0.1) is 0 Å². The van der Waals surface area contributed by atoms with Gasteiger partial charge in [0.15, 0.2) is 0 Å². The highest BCUT2D eigenvalue weighted by Crippen LogP contribution is 2.19. The number of piperidine rings is 1. The highest BCUT2D eigenvalue weighted by Gasteiger charge is 2.30. The third kappa shape index (κ3) is 4.79. The number of carbonyl (C=O) groups is 2. The van der Waals surface area contributed by atoms with Crippen LogP contribution in [0.1, 0.15) is 35.7 Å². The van der Waals surface area contributed by atoms with Crippen molar-refractivity contribution in [1.82, 2.24) is 9.21 Å². The van der Waals surface area contributed by atoms with E-state index < -0.39 is 16.0 Å². The largest absolute Gasteiger partial charge is 0.478 e. The molecule has 0 radical (unpaired) electrons. The average Bonchev–Trinajstić information content (AvgIpc) is 2.61. The summed E-state index contributed by atoms with van der Waals surface area (Å²) >= 11 is 0. The lowest BCUT2D eigenvalue weighted by atomic mass is 10.0. The molecule has 0 aromatic heterocycles. The predicted octanol–water partition coefficient (Wildman–Crippen LogP) is 1.20. The second-order valence-electron chi connectivity index (χ2n) is 6.21. The van der Waals surface area contributed by atoms with Crippen molar-refractivity contribution >= 4 is 21.9 Å². The molecule has 1 saturated heterocycles. The molecule has 8 heteroatoms. The number of hydrogen-bond donors (Lipinski definition) is 1. The number of aromatic carboxylic acids is 1. The van der Waals surface area contributed by atoms with E-state index in [0.29, 0.717) is 31.5 Å². The Kier molecular flexibility index (Phi) is 6.18. The molecule has 2 rings (SSSR count). The Bertz CT molecular complexity index is 739. The molecular formula is C17H24N2O5S. The van der Waals surface area contributed by atoms with Gasteiger partial charge in [0, 0.05) is 26.2 Å². The minimum absolute atomic E-state index is 0.0676. The Labute approximate surface area is 148 Å². The van der Waals surface area contributed by atoms with Gasteiger partial charge in [-0.15, -0.1) is 0 Å². The molecule has 0 atom stereocenters. The van der Waals surface area contributed by atoms with E-state index in [1.54, 1.807) is 31.0 Å². The summed E-state index contributed by atoms with van der Waals surface area (Å²) in [7, 11) is -1.63. The van der Waals surface area contributed by atoms with Crippen LogP contribution in [0.15, 0.2) is 24.3 Å². The maximum absolute atomic E-state index is 12.4. The van der Waals surface area contributed by atoms with E-state index in [-0.39, 0.29) is 29.7 Å². The van der Waals surface area contributed by atoms with E-state index in [1.165, 1.54) is 16.4 Å². The van der Waals surface area contributed by atoms with Crippen molar-refractivity contribution < 1.29 is 23.1 Å². The zero-order chi connectivity index (χ0) is 18.6. The molecule has 0 aliphatic carbocycles. The number of benzene rings is 1. The molecule has 0 bridgehead atoms. The summed E-state index contributed by atoms with van der Waals surface area (Å²) in [5, 5.41) is 9.01. The van der Waals surface area contributed by atoms with E-state index in [0.717, 1.165) is 0 Å². The molecule has 0 spiro atoms. The van der Waals surface area contributed by atoms with Crippen LogP contribution >= 0.6 is 0 Å². The van der Waals surface area contributed by atoms with E-state index in [9.17, 15) is 18.0 Å². The lowest BCUT2D eigenvalue weighted by Crippen LogP contribution is -2.47. The van der Waals surface area contributed by atoms with Crippen molar-refractivity contribution in [2.45, 2.75) is 32.2 Å². The molecular weight excluding hydrogens is 344 g/mol. The number of carboxylic acids is 1. The van der Waals surface area contributed by atoms with Crippen molar-refractivity contribution in [2.24, 2.45) is 0 Å². The van der Waals surface area contributed by atoms with Gasteiger partial charge in [0.2, 0.25) is 15.9 Å². The topological polar surface area (TPSA) is 95.0 Å². The average molecular weight is 368 g/mol. The van der Waals surface area contributed by atoms with Gasteiger partial charge in [0.1, 0.15) is 0 Å². The molecule has 0 unspecified atom stereocenters. The zero-order valence-electron chi connectivity index (χ0n) is 14.5. The van der Waals surface area contributed by atoms with Crippen molar-refractivity contribution in [2.75, 3.05) is 25.9 Å². The quantitative estimate of drug-likeness (QED) is 0.814. The smallest absolute Gasteiger partial charge is 0.335 e. The molecule has 1 fully saturated rings. The summed E-state index contributed by atoms with van der Waals surface area (Å²) in [5.41, 5.74) is 0.827. The fourth-order valence-electron chi connectivity index (χ4n) is 3.01. The van der Waals surface area contributed by atoms with Gasteiger partial charge in [-0.1, -0.05) is 12.1 Å². The number of carbonyl (C=O) groups excluding carboxylic acids is 1. The number of hydrogen-bond acceptors (Lipinski definition) is 4. The summed E-state index contributed by atoms with van der Waals surface area (Å²) in [5.74, 6) is -1.01. The number of rotatable bonds is 6. The lowest BCUT2D eigenvalue weighted by molar-refractivity contribution is -0.131. The zero-order valence-corrected chi connectivity index (χ0v) is 15.3. The number of sulfonamides is 1. The maximum atomic E-state index is 12.4. The van der Waals surface area contributed by atoms with Crippen LogP contribution in [0.2, 0.25) is 0 Å². The molecule has 7 nitrogen and oxygen atoms in total. The van der Waals surface area contributed by atoms with Gasteiger partial charge in [0.25, 0.3) is 0 Å². The van der Waals surface area contributed by atoms with Gasteiger partial charge in [0.05, 0.1) is 17.7 Å². The highest BCUT2D eigenvalue weighted by atomic mass is 32.2. The Hall–Kier alpha value is -1.93. The molecule has 1 aliphatic rings. The van der Waals surface area contributed by atoms with E-state index in [1.807, 2.05) is 0 Å². The Morgan fingerprint density at radius 1 is 1.28 bits per heavy atom. The van der Waals surface area contributed by atoms with Gasteiger partial charge in [-0.05, 0) is 37.5 Å². The summed E-state index contributed by atoms with van der Waals surface area (Å²) in [4.78, 5) is 25.1. The third-order valence-electron chi connectivity index (χ3n) is 4.66. The van der Waals surface area contributed by atoms with E-state index in [2.05, 4.69) is 0 Å². The Morgan fingerprint density at radius 2 is 1.92 bits per heavy atom. The Balaban J connectivity index is 1.93. The minimum Gasteiger partial charge on any atom is -0.478 e. The van der Waals surface area contributed by atoms with Crippen LogP contribution in [-0.4, -0.2) is 66.5 Å². The van der Waals surface area contributed by atoms with Gasteiger partial charge >= 0.3 is 5.97 Å². The molecule has 1 heterocycles. The molecule has 138 valence electrons. The van der Waals surface area contributed by atoms with Gasteiger partial charge in [-0.25, -0.2) is 17.5 Å². The normalized spacial score (nSPS) is 16.2. The van der Waals surface area contributed by atoms with Gasteiger partial charge < -0.3 is 10.0 Å². The molecule has 1 aromatic rings. The van der Waals surface area contributed by atoms with Crippen LogP contribution in [-0.2, 0) is 21.2 Å². The van der Waals surface area contributed by atoms with Crippen LogP contribution in [0.25, 0.3) is 0 Å². The summed E-state index contributed by atoms with van der Waals surface area (Å²) in [6.45, 7) is 2.63. The van der Waals surface area contributed by atoms with Crippen molar-refractivity contribution in [3.05, 3.63) is 35.4 Å². The molecule has 1 N–H and O–H groups in total. The van der Waals surface area contributed by atoms with E-state index in [4.69, 9.17) is 5.11 Å². The number of likely N-dealkylation sites (tertiary alicyclic amines) is 1. The monoisotopic (exact) mass is 368 g/mol. The third-order valence-corrected chi connectivity index (χ3v) is 6.57. The fraction of sp³-hybridized carbons (Fsp3) is 0.529. The first-order valence-corrected chi connectivity index (χ1v) is 9.91. The standard InChI is InChI=1S/C17H24N2O5S/c1-3-25(23,24)18(2)15-7-9-19(10-8-15)16(20)12-13-5-4-6-14(11-13)17(21)22/h4-6,11,15H,3,7-10,12H2,1-2H3,(H,21,22). The fourth-order valence-corrected chi connectivity index (χ4v) is 4.08. The highest BCUT2D eigenvalue weighted by molar-refractivity contribution is 7.89. The molecule has 0 saturated carbocycles. The predicted molar refractivity (Wildman–Crippen MR) is 93.9 cm³/mol. The number of nitrogens with zero attached hydrogens (tertiary/aromatic N) is 2. The van der Waals surface area contributed by atoms with Gasteiger partial charge in [-0.2, -0.15) is 0 Å². The summed E-state index contributed by atoms with van der Waals surface area (Å²) in [6.07, 6.45) is 1.36. The van der Waals surface area contributed by atoms with Gasteiger partial charge in [-0.3, -0.25) is 4.79 Å². The lowest BCUT2D eigenvalue weighted by Gasteiger charge is -2.36. The van der Waals surface area contributed by atoms with Crippen LogP contribution in [0.4, 0.5) is 0 Å². The summed E-state index contributed by atoms with van der Waals surface area (Å²) < 4.78 is 25.3. The second kappa shape index (κ2) is 7.97. The number of carboxylic acid groups (broad SMARTS) is 1.